The van der Waals surface area contributed by atoms with Crippen molar-refractivity contribution in [3.63, 3.8) is 0 Å². The summed E-state index contributed by atoms with van der Waals surface area (Å²) in [7, 11) is -0.466. The summed E-state index contributed by atoms with van der Waals surface area (Å²) in [5.74, 6) is -7.43. The number of anilines is 2. The molecule has 216 valence electrons. The van der Waals surface area contributed by atoms with Gasteiger partial charge in [-0.15, -0.1) is 0 Å². The lowest BCUT2D eigenvalue weighted by atomic mass is 9.64. The highest BCUT2D eigenvalue weighted by molar-refractivity contribution is 6.32. The third-order valence-electron chi connectivity index (χ3n) is 6.81. The van der Waals surface area contributed by atoms with Crippen LogP contribution in [0.1, 0.15) is 56.1 Å². The standard InChI is InChI=1S/C29H34F4N2O4Si/c1-15-13-17(25(36)38-7)22(34)18(14-15)35-26(37)29(28(5,6)39-40-27(2,3)4)23(32)20(30)19(21(31)24(29)33)16-11-9-8-10-12-16/h8-14,23H,34,40H2,1-7H3,(H,35,37). The molecule has 3 N–H and O–H groups in total. The molecule has 2 aromatic carbocycles. The number of allylic oxidation sites excluding steroid dienone is 3. The zero-order chi connectivity index (χ0) is 30.2. The van der Waals surface area contributed by atoms with Crippen LogP contribution in [-0.4, -0.2) is 40.5 Å². The van der Waals surface area contributed by atoms with Gasteiger partial charge in [0.1, 0.15) is 5.83 Å². The van der Waals surface area contributed by atoms with Gasteiger partial charge in [-0.2, -0.15) is 0 Å². The highest BCUT2D eigenvalue weighted by atomic mass is 28.2. The lowest BCUT2D eigenvalue weighted by Crippen LogP contribution is -2.61. The van der Waals surface area contributed by atoms with Crippen molar-refractivity contribution in [3.8, 4) is 0 Å². The fraction of sp³-hybridized carbons (Fsp3) is 0.379. The zero-order valence-corrected chi connectivity index (χ0v) is 25.0. The van der Waals surface area contributed by atoms with Crippen LogP contribution in [0.4, 0.5) is 28.9 Å². The van der Waals surface area contributed by atoms with Crippen molar-refractivity contribution in [2.45, 2.75) is 58.4 Å². The van der Waals surface area contributed by atoms with Crippen LogP contribution in [0, 0.1) is 12.3 Å². The van der Waals surface area contributed by atoms with Crippen molar-refractivity contribution >= 4 is 38.6 Å². The van der Waals surface area contributed by atoms with E-state index in [4.69, 9.17) is 14.9 Å². The van der Waals surface area contributed by atoms with Gasteiger partial charge in [0.2, 0.25) is 5.91 Å². The summed E-state index contributed by atoms with van der Waals surface area (Å²) in [4.78, 5) is 26.2. The van der Waals surface area contributed by atoms with Gasteiger partial charge in [0, 0.05) is 0 Å². The molecule has 1 aliphatic carbocycles. The van der Waals surface area contributed by atoms with Crippen LogP contribution in [-0.2, 0) is 14.0 Å². The van der Waals surface area contributed by atoms with E-state index < -0.39 is 66.9 Å². The lowest BCUT2D eigenvalue weighted by Gasteiger charge is -2.48. The quantitative estimate of drug-likeness (QED) is 0.175. The van der Waals surface area contributed by atoms with Crippen LogP contribution in [0.2, 0.25) is 5.04 Å². The smallest absolute Gasteiger partial charge is 0.340 e. The number of nitrogens with two attached hydrogens (primary N) is 1. The maximum absolute atomic E-state index is 16.5. The van der Waals surface area contributed by atoms with E-state index in [2.05, 4.69) is 5.32 Å². The number of alkyl halides is 1. The molecular weight excluding hydrogens is 544 g/mol. The number of carbonyl (C=O) groups is 2. The average molecular weight is 579 g/mol. The van der Waals surface area contributed by atoms with Crippen molar-refractivity contribution in [1.82, 2.24) is 0 Å². The van der Waals surface area contributed by atoms with Gasteiger partial charge in [-0.3, -0.25) is 4.79 Å². The molecule has 1 aliphatic rings. The largest absolute Gasteiger partial charge is 0.465 e. The summed E-state index contributed by atoms with van der Waals surface area (Å²) in [5.41, 5.74) is -0.202. The maximum Gasteiger partial charge on any atom is 0.340 e. The van der Waals surface area contributed by atoms with Crippen LogP contribution in [0.5, 0.6) is 0 Å². The van der Waals surface area contributed by atoms with E-state index >= 15 is 17.6 Å². The first-order valence-electron chi connectivity index (χ1n) is 12.6. The SMILES string of the molecule is COC(=O)c1cc(C)cc(NC(=O)C2(C(C)(C)O[SiH2]C(C)(C)C)C(F)=C(F)C(c3ccccc3)=C(F)C2F)c1N. The minimum atomic E-state index is -3.13. The fourth-order valence-corrected chi connectivity index (χ4v) is 5.68. The van der Waals surface area contributed by atoms with Gasteiger partial charge < -0.3 is 20.2 Å². The van der Waals surface area contributed by atoms with Gasteiger partial charge in [0.15, 0.2) is 33.0 Å². The molecule has 6 nitrogen and oxygen atoms in total. The van der Waals surface area contributed by atoms with E-state index in [0.29, 0.717) is 5.56 Å². The second-order valence-electron chi connectivity index (χ2n) is 11.5. The molecule has 11 heteroatoms. The van der Waals surface area contributed by atoms with Gasteiger partial charge in [-0.1, -0.05) is 51.1 Å². The average Bonchev–Trinajstić information content (AvgIpc) is 2.88. The summed E-state index contributed by atoms with van der Waals surface area (Å²) in [6.45, 7) is 9.58. The number of carbonyl (C=O) groups excluding carboxylic acids is 2. The summed E-state index contributed by atoms with van der Waals surface area (Å²) >= 11 is 0. The summed E-state index contributed by atoms with van der Waals surface area (Å²) in [5, 5.41) is 1.94. The number of benzene rings is 2. The van der Waals surface area contributed by atoms with Crippen LogP contribution >= 0.6 is 0 Å². The summed E-state index contributed by atoms with van der Waals surface area (Å²) in [6, 6.07) is 9.88. The van der Waals surface area contributed by atoms with Crippen molar-refractivity contribution in [3.05, 3.63) is 76.6 Å². The van der Waals surface area contributed by atoms with E-state index in [-0.39, 0.29) is 22.5 Å². The van der Waals surface area contributed by atoms with Crippen LogP contribution in [0.25, 0.3) is 5.57 Å². The minimum Gasteiger partial charge on any atom is -0.465 e. The van der Waals surface area contributed by atoms with E-state index in [1.807, 2.05) is 20.8 Å². The third kappa shape index (κ3) is 5.44. The molecule has 2 aromatic rings. The Balaban J connectivity index is 2.26. The highest BCUT2D eigenvalue weighted by Crippen LogP contribution is 2.57. The molecule has 3 rings (SSSR count). The van der Waals surface area contributed by atoms with Gasteiger partial charge in [0.25, 0.3) is 0 Å². The molecule has 40 heavy (non-hydrogen) atoms. The van der Waals surface area contributed by atoms with Crippen LogP contribution in [0.15, 0.2) is 59.9 Å². The minimum absolute atomic E-state index is 0.0993. The second-order valence-corrected chi connectivity index (χ2v) is 14.2. The third-order valence-corrected chi connectivity index (χ3v) is 8.55. The number of nitrogen functional groups attached to an aromatic ring is 1. The zero-order valence-electron chi connectivity index (χ0n) is 23.5. The Hall–Kier alpha value is -3.44. The van der Waals surface area contributed by atoms with E-state index in [1.165, 1.54) is 50.2 Å². The van der Waals surface area contributed by atoms with Gasteiger partial charge in [-0.25, -0.2) is 22.4 Å². The Kier molecular flexibility index (Phi) is 8.71. The number of hydrogen-bond acceptors (Lipinski definition) is 5. The van der Waals surface area contributed by atoms with E-state index in [0.717, 1.165) is 7.11 Å². The number of rotatable bonds is 7. The number of hydrogen-bond donors (Lipinski definition) is 2. The Bertz CT molecular complexity index is 1390. The molecule has 0 aliphatic heterocycles. The molecule has 0 spiro atoms. The Morgan fingerprint density at radius 1 is 1.05 bits per heavy atom. The van der Waals surface area contributed by atoms with Gasteiger partial charge in [-0.05, 0) is 49.1 Å². The van der Waals surface area contributed by atoms with Crippen LogP contribution < -0.4 is 11.1 Å². The number of methoxy groups -OCH3 is 1. The second kappa shape index (κ2) is 11.2. The van der Waals surface area contributed by atoms with E-state index in [1.54, 1.807) is 13.0 Å². The van der Waals surface area contributed by atoms with Crippen LogP contribution in [0.3, 0.4) is 0 Å². The summed E-state index contributed by atoms with van der Waals surface area (Å²) in [6.07, 6.45) is -2.97. The predicted octanol–water partition coefficient (Wildman–Crippen LogP) is 6.27. The highest BCUT2D eigenvalue weighted by Gasteiger charge is 2.66. The number of esters is 1. The topological polar surface area (TPSA) is 90.6 Å². The van der Waals surface area contributed by atoms with Crippen molar-refractivity contribution in [2.24, 2.45) is 5.41 Å². The predicted molar refractivity (Wildman–Crippen MR) is 150 cm³/mol. The number of amides is 1. The number of halogens is 4. The van der Waals surface area contributed by atoms with Crippen molar-refractivity contribution in [1.29, 1.82) is 0 Å². The number of nitrogens with one attached hydrogen (secondary N) is 1. The molecule has 2 atom stereocenters. The normalized spacial score (nSPS) is 20.3. The Morgan fingerprint density at radius 3 is 2.20 bits per heavy atom. The monoisotopic (exact) mass is 578 g/mol. The maximum atomic E-state index is 16.5. The molecule has 0 bridgehead atoms. The molecule has 0 aromatic heterocycles. The van der Waals surface area contributed by atoms with Gasteiger partial charge >= 0.3 is 5.97 Å². The molecular formula is C29H34F4N2O4Si. The first-order chi connectivity index (χ1) is 18.5. The molecule has 0 radical (unpaired) electrons. The fourth-order valence-electron chi connectivity index (χ4n) is 4.65. The number of aryl methyl sites for hydroxylation is 1. The van der Waals surface area contributed by atoms with Crippen molar-refractivity contribution in [2.75, 3.05) is 18.2 Å². The molecule has 0 saturated heterocycles. The molecule has 0 saturated carbocycles. The molecule has 2 unspecified atom stereocenters. The molecule has 0 heterocycles. The van der Waals surface area contributed by atoms with Crippen molar-refractivity contribution < 1.29 is 36.3 Å². The first-order valence-corrected chi connectivity index (χ1v) is 13.9. The van der Waals surface area contributed by atoms with Gasteiger partial charge in [0.05, 0.1) is 35.2 Å². The Morgan fingerprint density at radius 2 is 1.65 bits per heavy atom. The lowest BCUT2D eigenvalue weighted by molar-refractivity contribution is -0.143. The summed E-state index contributed by atoms with van der Waals surface area (Å²) < 4.78 is 75.3. The molecule has 0 fully saturated rings. The molecule has 1 amide bonds. The van der Waals surface area contributed by atoms with E-state index in [9.17, 15) is 9.59 Å². The Labute approximate surface area is 233 Å². The first kappa shape index (κ1) is 31.1. The number of ether oxygens (including phenoxy) is 1.